The first kappa shape index (κ1) is 14.3. The molecular formula is C18H21N3O2. The van der Waals surface area contributed by atoms with E-state index in [4.69, 9.17) is 0 Å². The molecular weight excluding hydrogens is 290 g/mol. The molecule has 2 aliphatic rings. The third-order valence-electron chi connectivity index (χ3n) is 5.29. The van der Waals surface area contributed by atoms with Crippen molar-refractivity contribution in [2.45, 2.75) is 38.3 Å². The lowest BCUT2D eigenvalue weighted by atomic mass is 9.96. The van der Waals surface area contributed by atoms with E-state index in [0.717, 1.165) is 42.4 Å². The van der Waals surface area contributed by atoms with Crippen molar-refractivity contribution in [2.24, 2.45) is 0 Å². The molecule has 1 N–H and O–H groups in total. The van der Waals surface area contributed by atoms with E-state index in [2.05, 4.69) is 4.98 Å². The van der Waals surface area contributed by atoms with Gasteiger partial charge in [0.2, 0.25) is 5.91 Å². The Morgan fingerprint density at radius 3 is 2.96 bits per heavy atom. The average molecular weight is 311 g/mol. The fourth-order valence-electron chi connectivity index (χ4n) is 4.16. The van der Waals surface area contributed by atoms with Crippen molar-refractivity contribution in [3.05, 3.63) is 36.0 Å². The van der Waals surface area contributed by atoms with E-state index in [0.29, 0.717) is 6.42 Å². The highest BCUT2D eigenvalue weighted by Gasteiger charge is 2.44. The monoisotopic (exact) mass is 311 g/mol. The van der Waals surface area contributed by atoms with Gasteiger partial charge in [-0.25, -0.2) is 0 Å². The predicted molar refractivity (Wildman–Crippen MR) is 88.1 cm³/mol. The van der Waals surface area contributed by atoms with E-state index in [1.165, 1.54) is 0 Å². The Bertz CT molecular complexity index is 766. The van der Waals surface area contributed by atoms with Gasteiger partial charge in [-0.05, 0) is 44.0 Å². The number of carbonyl (C=O) groups is 2. The topological polar surface area (TPSA) is 56.4 Å². The van der Waals surface area contributed by atoms with Crippen molar-refractivity contribution in [3.8, 4) is 0 Å². The number of nitrogens with one attached hydrogen (secondary N) is 1. The van der Waals surface area contributed by atoms with Gasteiger partial charge in [0.1, 0.15) is 0 Å². The van der Waals surface area contributed by atoms with Gasteiger partial charge in [0.05, 0.1) is 12.1 Å². The van der Waals surface area contributed by atoms with Crippen molar-refractivity contribution in [1.29, 1.82) is 0 Å². The number of aromatic nitrogens is 1. The summed E-state index contributed by atoms with van der Waals surface area (Å²) in [5.74, 6) is 0.322. The van der Waals surface area contributed by atoms with E-state index >= 15 is 0 Å². The number of amides is 2. The Hall–Kier alpha value is -2.30. The summed E-state index contributed by atoms with van der Waals surface area (Å²) in [5.41, 5.74) is 1.78. The summed E-state index contributed by atoms with van der Waals surface area (Å²) in [7, 11) is 0. The van der Waals surface area contributed by atoms with Crippen LogP contribution in [-0.4, -0.2) is 51.8 Å². The zero-order valence-corrected chi connectivity index (χ0v) is 13.3. The predicted octanol–water partition coefficient (Wildman–Crippen LogP) is 2.39. The van der Waals surface area contributed by atoms with E-state index in [-0.39, 0.29) is 23.9 Å². The molecule has 0 aliphatic carbocycles. The Balaban J connectivity index is 1.60. The number of hydrogen-bond donors (Lipinski definition) is 1. The van der Waals surface area contributed by atoms with E-state index < -0.39 is 0 Å². The number of benzene rings is 1. The molecule has 2 aromatic rings. The highest BCUT2D eigenvalue weighted by atomic mass is 16.2. The lowest BCUT2D eigenvalue weighted by Gasteiger charge is -2.39. The van der Waals surface area contributed by atoms with Crippen LogP contribution >= 0.6 is 0 Å². The van der Waals surface area contributed by atoms with Crippen LogP contribution in [0.5, 0.6) is 0 Å². The number of piperidine rings is 1. The van der Waals surface area contributed by atoms with Crippen LogP contribution in [0.15, 0.2) is 30.5 Å². The van der Waals surface area contributed by atoms with Gasteiger partial charge < -0.3 is 14.8 Å². The number of rotatable bonds is 2. The van der Waals surface area contributed by atoms with Gasteiger partial charge in [-0.1, -0.05) is 0 Å². The number of hydrogen-bond acceptors (Lipinski definition) is 2. The minimum absolute atomic E-state index is 0.0889. The van der Waals surface area contributed by atoms with E-state index in [1.807, 2.05) is 47.2 Å². The Morgan fingerprint density at radius 1 is 1.26 bits per heavy atom. The minimum atomic E-state index is 0.0889. The molecule has 5 nitrogen and oxygen atoms in total. The van der Waals surface area contributed by atoms with Gasteiger partial charge in [-0.2, -0.15) is 0 Å². The molecule has 0 unspecified atom stereocenters. The first-order valence-corrected chi connectivity index (χ1v) is 8.36. The molecule has 2 fully saturated rings. The number of H-pyrrole nitrogens is 1. The second-order valence-corrected chi connectivity index (χ2v) is 6.42. The molecule has 2 aliphatic heterocycles. The van der Waals surface area contributed by atoms with Crippen LogP contribution in [0.4, 0.5) is 0 Å². The third-order valence-corrected chi connectivity index (χ3v) is 5.29. The van der Waals surface area contributed by atoms with Crippen LogP contribution in [-0.2, 0) is 4.79 Å². The molecule has 0 bridgehead atoms. The average Bonchev–Trinajstić information content (AvgIpc) is 3.19. The summed E-state index contributed by atoms with van der Waals surface area (Å²) in [5, 5.41) is 1.06. The standard InChI is InChI=1S/C18H21N3O2/c1-2-20-16-8-10-21(15(16)5-6-17(20)22)18(23)13-3-4-14-12(11-13)7-9-19-14/h3-4,7,9,11,15-16,19H,2,5-6,8,10H2,1H3/t15-,16-/m1/s1. The van der Waals surface area contributed by atoms with Crippen LogP contribution in [0.2, 0.25) is 0 Å². The molecule has 1 aromatic carbocycles. The molecule has 0 spiro atoms. The summed E-state index contributed by atoms with van der Waals surface area (Å²) in [6, 6.07) is 8.14. The zero-order valence-electron chi connectivity index (χ0n) is 13.3. The molecule has 2 amide bonds. The van der Waals surface area contributed by atoms with Crippen LogP contribution in [0.1, 0.15) is 36.5 Å². The molecule has 2 saturated heterocycles. The number of likely N-dealkylation sites (tertiary alicyclic amines) is 2. The van der Waals surface area contributed by atoms with Gasteiger partial charge in [0.25, 0.3) is 5.91 Å². The second-order valence-electron chi connectivity index (χ2n) is 6.42. The lowest BCUT2D eigenvalue weighted by Crippen LogP contribution is -2.53. The SMILES string of the molecule is CCN1C(=O)CC[C@@H]2[C@H]1CCN2C(=O)c1ccc2[nH]ccc2c1. The second kappa shape index (κ2) is 5.41. The summed E-state index contributed by atoms with van der Waals surface area (Å²) in [6.45, 7) is 3.49. The van der Waals surface area contributed by atoms with E-state index in [1.54, 1.807) is 0 Å². The first-order chi connectivity index (χ1) is 11.2. The molecule has 23 heavy (non-hydrogen) atoms. The Morgan fingerprint density at radius 2 is 2.13 bits per heavy atom. The maximum atomic E-state index is 13.0. The Labute approximate surface area is 135 Å². The summed E-state index contributed by atoms with van der Waals surface area (Å²) in [4.78, 5) is 32.1. The molecule has 0 radical (unpaired) electrons. The number of carbonyl (C=O) groups excluding carboxylic acids is 2. The fourth-order valence-corrected chi connectivity index (χ4v) is 4.16. The largest absolute Gasteiger partial charge is 0.361 e. The molecule has 0 saturated carbocycles. The molecule has 1 aromatic heterocycles. The molecule has 2 atom stereocenters. The van der Waals surface area contributed by atoms with Gasteiger partial charge in [0, 0.05) is 42.2 Å². The maximum absolute atomic E-state index is 13.0. The Kier molecular flexibility index (Phi) is 3.36. The molecule has 4 rings (SSSR count). The smallest absolute Gasteiger partial charge is 0.254 e. The van der Waals surface area contributed by atoms with Crippen molar-refractivity contribution >= 4 is 22.7 Å². The summed E-state index contributed by atoms with van der Waals surface area (Å²) >= 11 is 0. The fraction of sp³-hybridized carbons (Fsp3) is 0.444. The summed E-state index contributed by atoms with van der Waals surface area (Å²) < 4.78 is 0. The van der Waals surface area contributed by atoms with Gasteiger partial charge in [-0.15, -0.1) is 0 Å². The van der Waals surface area contributed by atoms with Crippen LogP contribution < -0.4 is 0 Å². The third kappa shape index (κ3) is 2.22. The quantitative estimate of drug-likeness (QED) is 0.926. The van der Waals surface area contributed by atoms with Crippen LogP contribution in [0.3, 0.4) is 0 Å². The van der Waals surface area contributed by atoms with Crippen molar-refractivity contribution < 1.29 is 9.59 Å². The van der Waals surface area contributed by atoms with Gasteiger partial charge >= 0.3 is 0 Å². The first-order valence-electron chi connectivity index (χ1n) is 8.36. The van der Waals surface area contributed by atoms with Gasteiger partial charge in [-0.3, -0.25) is 9.59 Å². The highest BCUT2D eigenvalue weighted by molar-refractivity contribution is 5.98. The van der Waals surface area contributed by atoms with Crippen molar-refractivity contribution in [2.75, 3.05) is 13.1 Å². The number of fused-ring (bicyclic) bond motifs is 2. The van der Waals surface area contributed by atoms with Gasteiger partial charge in [0.15, 0.2) is 0 Å². The summed E-state index contributed by atoms with van der Waals surface area (Å²) in [6.07, 6.45) is 4.12. The number of aromatic amines is 1. The van der Waals surface area contributed by atoms with Crippen molar-refractivity contribution in [1.82, 2.24) is 14.8 Å². The van der Waals surface area contributed by atoms with E-state index in [9.17, 15) is 9.59 Å². The van der Waals surface area contributed by atoms with Crippen molar-refractivity contribution in [3.63, 3.8) is 0 Å². The highest BCUT2D eigenvalue weighted by Crippen LogP contribution is 2.32. The normalized spacial score (nSPS) is 24.3. The molecule has 3 heterocycles. The zero-order chi connectivity index (χ0) is 16.0. The van der Waals surface area contributed by atoms with Crippen LogP contribution in [0.25, 0.3) is 10.9 Å². The lowest BCUT2D eigenvalue weighted by molar-refractivity contribution is -0.137. The number of nitrogens with zero attached hydrogens (tertiary/aromatic N) is 2. The molecule has 120 valence electrons. The minimum Gasteiger partial charge on any atom is -0.361 e. The number of likely N-dealkylation sites (N-methyl/N-ethyl adjacent to an activating group) is 1. The van der Waals surface area contributed by atoms with Crippen LogP contribution in [0, 0.1) is 0 Å². The maximum Gasteiger partial charge on any atom is 0.254 e. The molecule has 5 heteroatoms.